The van der Waals surface area contributed by atoms with E-state index in [4.69, 9.17) is 5.73 Å². The van der Waals surface area contributed by atoms with Crippen LogP contribution in [0.4, 0.5) is 11.8 Å². The SMILES string of the molecule is CC1(C(=O)NCC2CCN(c3nccc(N)n3)CC2)CC1. The number of nitrogen functional groups attached to an aromatic ring is 1. The second kappa shape index (κ2) is 5.50. The molecule has 1 amide bonds. The summed E-state index contributed by atoms with van der Waals surface area (Å²) >= 11 is 0. The van der Waals surface area contributed by atoms with E-state index in [0.717, 1.165) is 45.3 Å². The predicted molar refractivity (Wildman–Crippen MR) is 81.7 cm³/mol. The first-order valence-electron chi connectivity index (χ1n) is 7.69. The van der Waals surface area contributed by atoms with Crippen molar-refractivity contribution in [1.29, 1.82) is 0 Å². The van der Waals surface area contributed by atoms with Crippen LogP contribution in [0.25, 0.3) is 0 Å². The van der Waals surface area contributed by atoms with E-state index in [1.807, 2.05) is 6.92 Å². The molecule has 1 saturated heterocycles. The normalized spacial score (nSPS) is 21.1. The van der Waals surface area contributed by atoms with Gasteiger partial charge in [-0.3, -0.25) is 4.79 Å². The lowest BCUT2D eigenvalue weighted by Crippen LogP contribution is -2.40. The summed E-state index contributed by atoms with van der Waals surface area (Å²) < 4.78 is 0. The zero-order valence-corrected chi connectivity index (χ0v) is 12.5. The minimum absolute atomic E-state index is 0.0733. The minimum atomic E-state index is -0.0733. The van der Waals surface area contributed by atoms with E-state index in [-0.39, 0.29) is 11.3 Å². The Hall–Kier alpha value is -1.85. The van der Waals surface area contributed by atoms with Gasteiger partial charge < -0.3 is 16.0 Å². The number of piperidine rings is 1. The molecule has 6 nitrogen and oxygen atoms in total. The molecule has 6 heteroatoms. The Bertz CT molecular complexity index is 521. The number of carbonyl (C=O) groups excluding carboxylic acids is 1. The van der Waals surface area contributed by atoms with E-state index in [1.165, 1.54) is 0 Å². The van der Waals surface area contributed by atoms with E-state index < -0.39 is 0 Å². The van der Waals surface area contributed by atoms with Crippen LogP contribution in [0.2, 0.25) is 0 Å². The van der Waals surface area contributed by atoms with Crippen molar-refractivity contribution in [3.05, 3.63) is 12.3 Å². The summed E-state index contributed by atoms with van der Waals surface area (Å²) in [7, 11) is 0. The van der Waals surface area contributed by atoms with Crippen LogP contribution in [0.5, 0.6) is 0 Å². The number of hydrogen-bond donors (Lipinski definition) is 2. The molecule has 1 aliphatic heterocycles. The van der Waals surface area contributed by atoms with E-state index >= 15 is 0 Å². The number of hydrogen-bond acceptors (Lipinski definition) is 5. The number of carbonyl (C=O) groups is 1. The maximum Gasteiger partial charge on any atom is 0.227 e. The van der Waals surface area contributed by atoms with Crippen LogP contribution in [0.1, 0.15) is 32.6 Å². The number of nitrogens with one attached hydrogen (secondary N) is 1. The van der Waals surface area contributed by atoms with Crippen LogP contribution in [0, 0.1) is 11.3 Å². The lowest BCUT2D eigenvalue weighted by atomic mass is 9.96. The molecule has 2 heterocycles. The third-order valence-corrected chi connectivity index (χ3v) is 4.66. The number of rotatable bonds is 4. The number of nitrogens with zero attached hydrogens (tertiary/aromatic N) is 3. The molecule has 0 radical (unpaired) electrons. The number of nitrogens with two attached hydrogens (primary N) is 1. The highest BCUT2D eigenvalue weighted by Gasteiger charge is 2.44. The first-order chi connectivity index (χ1) is 10.1. The Balaban J connectivity index is 1.46. The summed E-state index contributed by atoms with van der Waals surface area (Å²) in [5.74, 6) is 1.99. The summed E-state index contributed by atoms with van der Waals surface area (Å²) in [6.07, 6.45) is 5.86. The van der Waals surface area contributed by atoms with Gasteiger partial charge >= 0.3 is 0 Å². The summed E-state index contributed by atoms with van der Waals surface area (Å²) in [6.45, 7) is 4.67. The molecule has 0 atom stereocenters. The third kappa shape index (κ3) is 3.25. The monoisotopic (exact) mass is 289 g/mol. The summed E-state index contributed by atoms with van der Waals surface area (Å²) in [6, 6.07) is 1.70. The summed E-state index contributed by atoms with van der Waals surface area (Å²) in [5, 5.41) is 3.11. The maximum absolute atomic E-state index is 11.9. The fourth-order valence-electron chi connectivity index (χ4n) is 2.72. The van der Waals surface area contributed by atoms with Crippen LogP contribution < -0.4 is 16.0 Å². The number of amides is 1. The Labute approximate surface area is 125 Å². The van der Waals surface area contributed by atoms with E-state index in [0.29, 0.717) is 17.7 Å². The molecular weight excluding hydrogens is 266 g/mol. The first kappa shape index (κ1) is 14.1. The Morgan fingerprint density at radius 1 is 1.48 bits per heavy atom. The van der Waals surface area contributed by atoms with Gasteiger partial charge in [-0.05, 0) is 37.7 Å². The van der Waals surface area contributed by atoms with Crippen LogP contribution in [0.15, 0.2) is 12.3 Å². The van der Waals surface area contributed by atoms with Gasteiger partial charge in [0.2, 0.25) is 11.9 Å². The molecule has 114 valence electrons. The third-order valence-electron chi connectivity index (χ3n) is 4.66. The van der Waals surface area contributed by atoms with Gasteiger partial charge in [-0.25, -0.2) is 4.98 Å². The average Bonchev–Trinajstić information content (AvgIpc) is 3.24. The predicted octanol–water partition coefficient (Wildman–Crippen LogP) is 1.19. The molecule has 3 N–H and O–H groups in total. The molecular formula is C15H23N5O. The highest BCUT2D eigenvalue weighted by Crippen LogP contribution is 2.45. The van der Waals surface area contributed by atoms with Crippen molar-refractivity contribution in [1.82, 2.24) is 15.3 Å². The molecule has 0 aromatic carbocycles. The first-order valence-corrected chi connectivity index (χ1v) is 7.69. The Kier molecular flexibility index (Phi) is 3.69. The van der Waals surface area contributed by atoms with Crippen molar-refractivity contribution in [2.24, 2.45) is 11.3 Å². The van der Waals surface area contributed by atoms with Gasteiger partial charge in [0.1, 0.15) is 5.82 Å². The van der Waals surface area contributed by atoms with Crippen molar-refractivity contribution in [3.8, 4) is 0 Å². The topological polar surface area (TPSA) is 84.1 Å². The zero-order valence-electron chi connectivity index (χ0n) is 12.5. The molecule has 0 bridgehead atoms. The summed E-state index contributed by atoms with van der Waals surface area (Å²) in [4.78, 5) is 22.6. The molecule has 2 aliphatic rings. The van der Waals surface area contributed by atoms with Gasteiger partial charge in [0, 0.05) is 31.2 Å². The standard InChI is InChI=1S/C15H23N5O/c1-15(5-6-15)13(21)18-10-11-3-8-20(9-4-11)14-17-7-2-12(16)19-14/h2,7,11H,3-6,8-10H2,1H3,(H,18,21)(H2,16,17,19). The highest BCUT2D eigenvalue weighted by molar-refractivity contribution is 5.84. The second-order valence-corrected chi connectivity index (χ2v) is 6.48. The van der Waals surface area contributed by atoms with Crippen molar-refractivity contribution >= 4 is 17.7 Å². The smallest absolute Gasteiger partial charge is 0.227 e. The average molecular weight is 289 g/mol. The van der Waals surface area contributed by atoms with E-state index in [1.54, 1.807) is 12.3 Å². The molecule has 3 rings (SSSR count). The molecule has 1 aromatic heterocycles. The number of anilines is 2. The fraction of sp³-hybridized carbons (Fsp3) is 0.667. The largest absolute Gasteiger partial charge is 0.384 e. The van der Waals surface area contributed by atoms with Crippen LogP contribution in [-0.2, 0) is 4.79 Å². The van der Waals surface area contributed by atoms with Crippen molar-refractivity contribution in [2.75, 3.05) is 30.3 Å². The van der Waals surface area contributed by atoms with Gasteiger partial charge in [-0.2, -0.15) is 4.98 Å². The molecule has 1 aliphatic carbocycles. The molecule has 21 heavy (non-hydrogen) atoms. The summed E-state index contributed by atoms with van der Waals surface area (Å²) in [5.41, 5.74) is 5.62. The molecule has 0 spiro atoms. The van der Waals surface area contributed by atoms with Crippen LogP contribution in [-0.4, -0.2) is 35.5 Å². The quantitative estimate of drug-likeness (QED) is 0.870. The van der Waals surface area contributed by atoms with Gasteiger partial charge in [-0.15, -0.1) is 0 Å². The maximum atomic E-state index is 11.9. The lowest BCUT2D eigenvalue weighted by molar-refractivity contribution is -0.125. The Morgan fingerprint density at radius 2 is 2.19 bits per heavy atom. The van der Waals surface area contributed by atoms with Crippen LogP contribution >= 0.6 is 0 Å². The molecule has 1 saturated carbocycles. The second-order valence-electron chi connectivity index (χ2n) is 6.48. The number of aromatic nitrogens is 2. The van der Waals surface area contributed by atoms with Gasteiger partial charge in [0.25, 0.3) is 0 Å². The zero-order chi connectivity index (χ0) is 14.9. The molecule has 0 unspecified atom stereocenters. The van der Waals surface area contributed by atoms with E-state index in [2.05, 4.69) is 20.2 Å². The molecule has 2 fully saturated rings. The van der Waals surface area contributed by atoms with Crippen molar-refractivity contribution in [2.45, 2.75) is 32.6 Å². The van der Waals surface area contributed by atoms with Crippen molar-refractivity contribution < 1.29 is 4.79 Å². The van der Waals surface area contributed by atoms with E-state index in [9.17, 15) is 4.79 Å². The highest BCUT2D eigenvalue weighted by atomic mass is 16.2. The Morgan fingerprint density at radius 3 is 2.81 bits per heavy atom. The lowest BCUT2D eigenvalue weighted by Gasteiger charge is -2.32. The van der Waals surface area contributed by atoms with Crippen LogP contribution in [0.3, 0.4) is 0 Å². The van der Waals surface area contributed by atoms with Gasteiger partial charge in [0.05, 0.1) is 0 Å². The van der Waals surface area contributed by atoms with Gasteiger partial charge in [-0.1, -0.05) is 6.92 Å². The minimum Gasteiger partial charge on any atom is -0.384 e. The van der Waals surface area contributed by atoms with Gasteiger partial charge in [0.15, 0.2) is 0 Å². The van der Waals surface area contributed by atoms with Crippen molar-refractivity contribution in [3.63, 3.8) is 0 Å². The fourth-order valence-corrected chi connectivity index (χ4v) is 2.72. The molecule has 1 aromatic rings.